The van der Waals surface area contributed by atoms with Gasteiger partial charge in [0.2, 0.25) is 0 Å². The van der Waals surface area contributed by atoms with Crippen molar-refractivity contribution in [1.82, 2.24) is 20.1 Å². The van der Waals surface area contributed by atoms with Crippen LogP contribution in [0.15, 0.2) is 54.7 Å². The second-order valence-corrected chi connectivity index (χ2v) is 7.85. The first-order chi connectivity index (χ1) is 13.7. The Bertz CT molecular complexity index is 970. The summed E-state index contributed by atoms with van der Waals surface area (Å²) in [4.78, 5) is 6.86. The van der Waals surface area contributed by atoms with E-state index >= 15 is 0 Å². The number of hydrogen-bond acceptors (Lipinski definition) is 5. The van der Waals surface area contributed by atoms with Gasteiger partial charge in [0.25, 0.3) is 0 Å². The highest BCUT2D eigenvalue weighted by molar-refractivity contribution is 6.33. The first-order valence-electron chi connectivity index (χ1n) is 9.35. The van der Waals surface area contributed by atoms with Crippen LogP contribution in [0.3, 0.4) is 0 Å². The monoisotopic (exact) mass is 395 g/mol. The maximum atomic E-state index is 13.5. The first kappa shape index (κ1) is 17.5. The number of nitrogens with one attached hydrogen (secondary N) is 1. The highest BCUT2D eigenvalue weighted by atomic mass is 35.5. The highest BCUT2D eigenvalue weighted by Crippen LogP contribution is 2.47. The van der Waals surface area contributed by atoms with Crippen molar-refractivity contribution in [2.24, 2.45) is 11.8 Å². The fraction of sp³-hybridized carbons (Fsp3) is 0.286. The average molecular weight is 396 g/mol. The van der Waals surface area contributed by atoms with Crippen LogP contribution < -0.4 is 5.32 Å². The van der Waals surface area contributed by atoms with Crippen LogP contribution in [0.1, 0.15) is 5.69 Å². The third-order valence-corrected chi connectivity index (χ3v) is 5.89. The highest BCUT2D eigenvalue weighted by Gasteiger charge is 2.55. The molecule has 1 saturated heterocycles. The quantitative estimate of drug-likeness (QED) is 0.710. The molecule has 2 aromatic heterocycles. The number of halogens is 2. The number of fused-ring (bicyclic) bond motifs is 1. The standard InChI is InChI=1S/C21H19ClFN5/c22-18-5-4-13(23)9-15(18)19-6-7-20(27-26-19)25-21-16-11-28(12-17(16)21)10-14-3-1-2-8-24-14/h1-9,16-17,21H,10-12H2,(H,25,27). The number of nitrogens with zero attached hydrogens (tertiary/aromatic N) is 4. The fourth-order valence-electron chi connectivity index (χ4n) is 4.10. The van der Waals surface area contributed by atoms with Gasteiger partial charge in [0.1, 0.15) is 11.6 Å². The number of rotatable bonds is 5. The van der Waals surface area contributed by atoms with Gasteiger partial charge >= 0.3 is 0 Å². The van der Waals surface area contributed by atoms with Crippen molar-refractivity contribution in [3.8, 4) is 11.3 Å². The van der Waals surface area contributed by atoms with Crippen LogP contribution in [-0.4, -0.2) is 39.2 Å². The first-order valence-corrected chi connectivity index (χ1v) is 9.73. The Balaban J connectivity index is 1.18. The van der Waals surface area contributed by atoms with Gasteiger partial charge in [-0.15, -0.1) is 10.2 Å². The van der Waals surface area contributed by atoms with Crippen molar-refractivity contribution >= 4 is 17.4 Å². The van der Waals surface area contributed by atoms with Gasteiger partial charge < -0.3 is 5.32 Å². The maximum absolute atomic E-state index is 13.5. The Morgan fingerprint density at radius 2 is 1.93 bits per heavy atom. The molecule has 3 heterocycles. The molecule has 28 heavy (non-hydrogen) atoms. The molecule has 142 valence electrons. The minimum absolute atomic E-state index is 0.343. The van der Waals surface area contributed by atoms with Crippen LogP contribution in [-0.2, 0) is 6.54 Å². The SMILES string of the molecule is Fc1ccc(Cl)c(-c2ccc(NC3C4CN(Cc5ccccn5)CC43)nn2)c1. The predicted molar refractivity (Wildman–Crippen MR) is 106 cm³/mol. The second-order valence-electron chi connectivity index (χ2n) is 7.44. The molecule has 0 bridgehead atoms. The second kappa shape index (κ2) is 7.11. The molecular weight excluding hydrogens is 377 g/mol. The lowest BCUT2D eigenvalue weighted by molar-refractivity contribution is 0.289. The summed E-state index contributed by atoms with van der Waals surface area (Å²) >= 11 is 6.14. The molecule has 1 saturated carbocycles. The normalized spacial score (nSPS) is 23.4. The molecule has 1 N–H and O–H groups in total. The van der Waals surface area contributed by atoms with Gasteiger partial charge in [-0.05, 0) is 54.3 Å². The molecule has 5 nitrogen and oxygen atoms in total. The zero-order valence-corrected chi connectivity index (χ0v) is 15.9. The molecule has 2 atom stereocenters. The van der Waals surface area contributed by atoms with Gasteiger partial charge in [-0.2, -0.15) is 0 Å². The summed E-state index contributed by atoms with van der Waals surface area (Å²) in [6, 6.07) is 14.4. The summed E-state index contributed by atoms with van der Waals surface area (Å²) in [7, 11) is 0. The topological polar surface area (TPSA) is 53.9 Å². The van der Waals surface area contributed by atoms with Crippen LogP contribution >= 0.6 is 11.6 Å². The molecular formula is C21H19ClFN5. The van der Waals surface area contributed by atoms with Crippen molar-refractivity contribution in [3.05, 3.63) is 71.3 Å². The third kappa shape index (κ3) is 3.45. The number of likely N-dealkylation sites (tertiary alicyclic amines) is 1. The molecule has 7 heteroatoms. The minimum Gasteiger partial charge on any atom is -0.365 e. The predicted octanol–water partition coefficient (Wildman–Crippen LogP) is 3.87. The summed E-state index contributed by atoms with van der Waals surface area (Å²) in [6.07, 6.45) is 1.84. The van der Waals surface area contributed by atoms with Crippen LogP contribution in [0, 0.1) is 17.7 Å². The van der Waals surface area contributed by atoms with Crippen molar-refractivity contribution < 1.29 is 4.39 Å². The molecule has 2 fully saturated rings. The minimum atomic E-state index is -0.343. The van der Waals surface area contributed by atoms with E-state index in [-0.39, 0.29) is 5.82 Å². The number of anilines is 1. The van der Waals surface area contributed by atoms with Crippen molar-refractivity contribution in [3.63, 3.8) is 0 Å². The average Bonchev–Trinajstić information content (AvgIpc) is 3.15. The van der Waals surface area contributed by atoms with Gasteiger partial charge in [0.05, 0.1) is 16.4 Å². The summed E-state index contributed by atoms with van der Waals surface area (Å²) in [5.74, 6) is 1.68. The van der Waals surface area contributed by atoms with Gasteiger partial charge in [0, 0.05) is 37.4 Å². The smallest absolute Gasteiger partial charge is 0.148 e. The van der Waals surface area contributed by atoms with Crippen LogP contribution in [0.4, 0.5) is 10.2 Å². The number of benzene rings is 1. The number of aromatic nitrogens is 3. The van der Waals surface area contributed by atoms with Crippen molar-refractivity contribution in [2.45, 2.75) is 12.6 Å². The van der Waals surface area contributed by atoms with Crippen molar-refractivity contribution in [2.75, 3.05) is 18.4 Å². The molecule has 1 aliphatic carbocycles. The molecule has 2 unspecified atom stereocenters. The zero-order valence-electron chi connectivity index (χ0n) is 15.1. The molecule has 0 radical (unpaired) electrons. The summed E-state index contributed by atoms with van der Waals surface area (Å²) in [5.41, 5.74) is 2.23. The Hall–Kier alpha value is -2.57. The lowest BCUT2D eigenvalue weighted by atomic mass is 10.1. The largest absolute Gasteiger partial charge is 0.365 e. The molecule has 1 aromatic carbocycles. The Morgan fingerprint density at radius 1 is 1.07 bits per heavy atom. The van der Waals surface area contributed by atoms with E-state index in [2.05, 4.69) is 31.5 Å². The van der Waals surface area contributed by atoms with Gasteiger partial charge in [0.15, 0.2) is 0 Å². The number of hydrogen-bond donors (Lipinski definition) is 1. The van der Waals surface area contributed by atoms with E-state index in [4.69, 9.17) is 11.6 Å². The maximum Gasteiger partial charge on any atom is 0.148 e. The lowest BCUT2D eigenvalue weighted by Gasteiger charge is -2.19. The molecule has 3 aromatic rings. The molecule has 0 amide bonds. The van der Waals surface area contributed by atoms with E-state index in [0.29, 0.717) is 34.2 Å². The summed E-state index contributed by atoms with van der Waals surface area (Å²) in [6.45, 7) is 3.05. The fourth-order valence-corrected chi connectivity index (χ4v) is 4.31. The van der Waals surface area contributed by atoms with E-state index in [1.807, 2.05) is 30.5 Å². The van der Waals surface area contributed by atoms with E-state index in [1.165, 1.54) is 18.2 Å². The number of piperidine rings is 1. The number of pyridine rings is 1. The Kier molecular flexibility index (Phi) is 4.45. The van der Waals surface area contributed by atoms with E-state index in [0.717, 1.165) is 31.1 Å². The van der Waals surface area contributed by atoms with Gasteiger partial charge in [-0.1, -0.05) is 17.7 Å². The Labute approximate surface area is 167 Å². The summed E-state index contributed by atoms with van der Waals surface area (Å²) in [5, 5.41) is 12.4. The van der Waals surface area contributed by atoms with E-state index < -0.39 is 0 Å². The summed E-state index contributed by atoms with van der Waals surface area (Å²) < 4.78 is 13.5. The van der Waals surface area contributed by atoms with Gasteiger partial charge in [-0.3, -0.25) is 9.88 Å². The van der Waals surface area contributed by atoms with E-state index in [9.17, 15) is 4.39 Å². The zero-order chi connectivity index (χ0) is 19.1. The third-order valence-electron chi connectivity index (χ3n) is 5.56. The molecule has 5 rings (SSSR count). The molecule has 0 spiro atoms. The van der Waals surface area contributed by atoms with E-state index in [1.54, 1.807) is 0 Å². The van der Waals surface area contributed by atoms with Crippen LogP contribution in [0.5, 0.6) is 0 Å². The van der Waals surface area contributed by atoms with Crippen molar-refractivity contribution in [1.29, 1.82) is 0 Å². The van der Waals surface area contributed by atoms with Gasteiger partial charge in [-0.25, -0.2) is 4.39 Å². The molecule has 1 aliphatic heterocycles. The van der Waals surface area contributed by atoms with Crippen LogP contribution in [0.2, 0.25) is 5.02 Å². The molecule has 2 aliphatic rings. The van der Waals surface area contributed by atoms with Crippen LogP contribution in [0.25, 0.3) is 11.3 Å². The Morgan fingerprint density at radius 3 is 2.64 bits per heavy atom. The lowest BCUT2D eigenvalue weighted by Crippen LogP contribution is -2.28.